The fourth-order valence-electron chi connectivity index (χ4n) is 1.60. The Bertz CT molecular complexity index is 212. The molecule has 1 fully saturated rings. The molecule has 1 heteroatoms. The summed E-state index contributed by atoms with van der Waals surface area (Å²) in [6, 6.07) is 11.4. The van der Waals surface area contributed by atoms with Gasteiger partial charge in [0.15, 0.2) is 0 Å². The SMILES string of the molecule is [c]1cccc([C@@H]2CCNC2)c1. The number of hydrogen-bond donors (Lipinski definition) is 1. The van der Waals surface area contributed by atoms with Crippen LogP contribution in [0, 0.1) is 6.07 Å². The molecule has 1 atom stereocenters. The van der Waals surface area contributed by atoms with Crippen molar-refractivity contribution in [3.8, 4) is 0 Å². The van der Waals surface area contributed by atoms with Crippen LogP contribution in [-0.2, 0) is 0 Å². The van der Waals surface area contributed by atoms with Gasteiger partial charge in [-0.3, -0.25) is 0 Å². The van der Waals surface area contributed by atoms with Gasteiger partial charge in [-0.1, -0.05) is 24.3 Å². The van der Waals surface area contributed by atoms with Crippen LogP contribution in [-0.4, -0.2) is 13.1 Å². The van der Waals surface area contributed by atoms with E-state index in [9.17, 15) is 0 Å². The lowest BCUT2D eigenvalue weighted by atomic mass is 9.99. The Hall–Kier alpha value is -0.820. The van der Waals surface area contributed by atoms with E-state index in [1.807, 2.05) is 6.07 Å². The van der Waals surface area contributed by atoms with Gasteiger partial charge in [0.1, 0.15) is 0 Å². The lowest BCUT2D eigenvalue weighted by Crippen LogP contribution is -2.07. The first-order chi connectivity index (χ1) is 5.47. The molecule has 0 unspecified atom stereocenters. The zero-order chi connectivity index (χ0) is 7.52. The number of benzene rings is 1. The summed E-state index contributed by atoms with van der Waals surface area (Å²) >= 11 is 0. The first kappa shape index (κ1) is 6.86. The van der Waals surface area contributed by atoms with Crippen LogP contribution in [0.4, 0.5) is 0 Å². The maximum absolute atomic E-state index is 3.36. The van der Waals surface area contributed by atoms with Crippen LogP contribution in [0.2, 0.25) is 0 Å². The molecule has 1 aliphatic heterocycles. The van der Waals surface area contributed by atoms with Crippen molar-refractivity contribution in [2.24, 2.45) is 0 Å². The first-order valence-electron chi connectivity index (χ1n) is 4.13. The Balaban J connectivity index is 2.16. The summed E-state index contributed by atoms with van der Waals surface area (Å²) in [5.74, 6) is 0.729. The molecule has 11 heavy (non-hydrogen) atoms. The molecule has 0 aromatic heterocycles. The van der Waals surface area contributed by atoms with Gasteiger partial charge >= 0.3 is 0 Å². The van der Waals surface area contributed by atoms with E-state index in [4.69, 9.17) is 0 Å². The molecule has 1 aromatic carbocycles. The summed E-state index contributed by atoms with van der Waals surface area (Å²) in [6.45, 7) is 2.30. The second-order valence-corrected chi connectivity index (χ2v) is 3.03. The molecular weight excluding hydrogens is 134 g/mol. The van der Waals surface area contributed by atoms with E-state index < -0.39 is 0 Å². The summed E-state index contributed by atoms with van der Waals surface area (Å²) in [5, 5.41) is 3.36. The quantitative estimate of drug-likeness (QED) is 0.634. The summed E-state index contributed by atoms with van der Waals surface area (Å²) in [6.07, 6.45) is 1.28. The molecule has 0 bridgehead atoms. The van der Waals surface area contributed by atoms with Crippen LogP contribution in [0.5, 0.6) is 0 Å². The fraction of sp³-hybridized carbons (Fsp3) is 0.400. The van der Waals surface area contributed by atoms with Crippen molar-refractivity contribution in [3.05, 3.63) is 35.9 Å². The van der Waals surface area contributed by atoms with Crippen molar-refractivity contribution in [3.63, 3.8) is 0 Å². The molecular formula is C10H12N. The maximum Gasteiger partial charge on any atom is 0.00206 e. The van der Waals surface area contributed by atoms with Crippen LogP contribution in [0.1, 0.15) is 17.9 Å². The number of nitrogens with one attached hydrogen (secondary N) is 1. The van der Waals surface area contributed by atoms with Crippen LogP contribution in [0.3, 0.4) is 0 Å². The summed E-state index contributed by atoms with van der Waals surface area (Å²) in [4.78, 5) is 0. The number of hydrogen-bond acceptors (Lipinski definition) is 1. The molecule has 2 rings (SSSR count). The van der Waals surface area contributed by atoms with Crippen LogP contribution >= 0.6 is 0 Å². The molecule has 1 radical (unpaired) electrons. The highest BCUT2D eigenvalue weighted by Gasteiger charge is 2.15. The van der Waals surface area contributed by atoms with Crippen molar-refractivity contribution in [1.29, 1.82) is 0 Å². The summed E-state index contributed by atoms with van der Waals surface area (Å²) in [5.41, 5.74) is 1.43. The molecule has 1 aliphatic rings. The van der Waals surface area contributed by atoms with E-state index in [0.717, 1.165) is 12.5 Å². The highest BCUT2D eigenvalue weighted by Crippen LogP contribution is 2.20. The van der Waals surface area contributed by atoms with Gasteiger partial charge in [-0.05, 0) is 30.5 Å². The normalized spacial score (nSPS) is 23.8. The third-order valence-electron chi connectivity index (χ3n) is 2.26. The fourth-order valence-corrected chi connectivity index (χ4v) is 1.60. The Labute approximate surface area is 67.4 Å². The van der Waals surface area contributed by atoms with Gasteiger partial charge in [0.25, 0.3) is 0 Å². The molecule has 0 spiro atoms. The van der Waals surface area contributed by atoms with Crippen molar-refractivity contribution in [2.75, 3.05) is 13.1 Å². The summed E-state index contributed by atoms with van der Waals surface area (Å²) < 4.78 is 0. The predicted molar refractivity (Wildman–Crippen MR) is 45.5 cm³/mol. The maximum atomic E-state index is 3.36. The average molecular weight is 146 g/mol. The molecule has 0 saturated carbocycles. The van der Waals surface area contributed by atoms with Crippen LogP contribution in [0.15, 0.2) is 24.3 Å². The van der Waals surface area contributed by atoms with Crippen molar-refractivity contribution < 1.29 is 0 Å². The highest BCUT2D eigenvalue weighted by atomic mass is 14.9. The number of rotatable bonds is 1. The third-order valence-corrected chi connectivity index (χ3v) is 2.26. The van der Waals surface area contributed by atoms with E-state index in [1.165, 1.54) is 18.5 Å². The lowest BCUT2D eigenvalue weighted by Gasteiger charge is -2.06. The standard InChI is InChI=1S/C10H12N/c1-2-4-9(5-3-1)10-6-7-11-8-10/h1-2,4-5,10-11H,6-8H2/t10-/m1/s1. The Kier molecular flexibility index (Phi) is 1.91. The van der Waals surface area contributed by atoms with Gasteiger partial charge in [-0.15, -0.1) is 0 Å². The van der Waals surface area contributed by atoms with Gasteiger partial charge in [0, 0.05) is 6.54 Å². The smallest absolute Gasteiger partial charge is 0.00206 e. The predicted octanol–water partition coefficient (Wildman–Crippen LogP) is 1.56. The first-order valence-corrected chi connectivity index (χ1v) is 4.13. The highest BCUT2D eigenvalue weighted by molar-refractivity contribution is 5.19. The minimum atomic E-state index is 0.729. The van der Waals surface area contributed by atoms with Crippen LogP contribution in [0.25, 0.3) is 0 Å². The molecule has 1 heterocycles. The van der Waals surface area contributed by atoms with E-state index in [1.54, 1.807) is 0 Å². The molecule has 0 aliphatic carbocycles. The zero-order valence-corrected chi connectivity index (χ0v) is 6.51. The van der Waals surface area contributed by atoms with E-state index in [2.05, 4.69) is 29.6 Å². The Morgan fingerprint density at radius 1 is 1.55 bits per heavy atom. The third kappa shape index (κ3) is 1.43. The molecule has 0 amide bonds. The van der Waals surface area contributed by atoms with Crippen molar-refractivity contribution in [1.82, 2.24) is 5.32 Å². The van der Waals surface area contributed by atoms with Gasteiger partial charge in [-0.2, -0.15) is 0 Å². The minimum absolute atomic E-state index is 0.729. The largest absolute Gasteiger partial charge is 0.316 e. The summed E-state index contributed by atoms with van der Waals surface area (Å²) in [7, 11) is 0. The Morgan fingerprint density at radius 3 is 3.18 bits per heavy atom. The van der Waals surface area contributed by atoms with Gasteiger partial charge < -0.3 is 5.32 Å². The van der Waals surface area contributed by atoms with E-state index >= 15 is 0 Å². The minimum Gasteiger partial charge on any atom is -0.316 e. The second-order valence-electron chi connectivity index (χ2n) is 3.03. The van der Waals surface area contributed by atoms with E-state index in [0.29, 0.717) is 0 Å². The van der Waals surface area contributed by atoms with Gasteiger partial charge in [0.05, 0.1) is 0 Å². The van der Waals surface area contributed by atoms with Crippen LogP contribution < -0.4 is 5.32 Å². The Morgan fingerprint density at radius 2 is 2.55 bits per heavy atom. The zero-order valence-electron chi connectivity index (χ0n) is 6.51. The average Bonchev–Trinajstić information content (AvgIpc) is 2.58. The molecule has 1 nitrogen and oxygen atoms in total. The second kappa shape index (κ2) is 3.05. The lowest BCUT2D eigenvalue weighted by molar-refractivity contribution is 0.763. The molecule has 1 aromatic rings. The van der Waals surface area contributed by atoms with E-state index in [-0.39, 0.29) is 0 Å². The topological polar surface area (TPSA) is 12.0 Å². The molecule has 1 N–H and O–H groups in total. The monoisotopic (exact) mass is 146 g/mol. The van der Waals surface area contributed by atoms with Gasteiger partial charge in [-0.25, -0.2) is 0 Å². The van der Waals surface area contributed by atoms with Crippen molar-refractivity contribution in [2.45, 2.75) is 12.3 Å². The van der Waals surface area contributed by atoms with Crippen molar-refractivity contribution >= 4 is 0 Å². The molecule has 57 valence electrons. The molecule has 1 saturated heterocycles. The van der Waals surface area contributed by atoms with Gasteiger partial charge in [0.2, 0.25) is 0 Å².